The molecule has 0 aliphatic carbocycles. The Morgan fingerprint density at radius 3 is 2.52 bits per heavy atom. The Hall–Kier alpha value is -2.62. The Morgan fingerprint density at radius 2 is 1.76 bits per heavy atom. The highest BCUT2D eigenvalue weighted by molar-refractivity contribution is 9.10. The van der Waals surface area contributed by atoms with Crippen molar-refractivity contribution in [2.75, 3.05) is 43.4 Å². The molecule has 9 heteroatoms. The standard InChI is InChI=1S/C24H26BrN7S/c1-17-15-22(27-19-7-9-20(10-8-19)31-13-11-30(2)12-14-31)32-23(26-17)28-24(29-32)33-16-18-5-3-4-6-21(18)25/h3-10,15,27H,11-14,16H2,1-2H3. The highest BCUT2D eigenvalue weighted by Crippen LogP contribution is 2.27. The predicted molar refractivity (Wildman–Crippen MR) is 139 cm³/mol. The zero-order valence-electron chi connectivity index (χ0n) is 18.7. The molecule has 4 aromatic rings. The molecule has 0 amide bonds. The first kappa shape index (κ1) is 22.2. The molecule has 2 aromatic heterocycles. The summed E-state index contributed by atoms with van der Waals surface area (Å²) in [6.07, 6.45) is 0. The number of aryl methyl sites for hydroxylation is 1. The molecule has 0 atom stereocenters. The van der Waals surface area contributed by atoms with Crippen LogP contribution in [0.3, 0.4) is 0 Å². The fourth-order valence-electron chi connectivity index (χ4n) is 3.84. The lowest BCUT2D eigenvalue weighted by atomic mass is 10.2. The molecule has 0 unspecified atom stereocenters. The van der Waals surface area contributed by atoms with Gasteiger partial charge in [0.2, 0.25) is 5.16 Å². The SMILES string of the molecule is Cc1cc(Nc2ccc(N3CCN(C)CC3)cc2)n2nc(SCc3ccccc3Br)nc2n1. The molecule has 0 saturated carbocycles. The minimum absolute atomic E-state index is 0.598. The third kappa shape index (κ3) is 5.15. The van der Waals surface area contributed by atoms with Gasteiger partial charge < -0.3 is 15.1 Å². The number of nitrogens with one attached hydrogen (secondary N) is 1. The molecule has 0 spiro atoms. The maximum atomic E-state index is 4.71. The molecule has 1 fully saturated rings. The largest absolute Gasteiger partial charge is 0.369 e. The van der Waals surface area contributed by atoms with E-state index in [2.05, 4.69) is 84.5 Å². The number of hydrogen-bond acceptors (Lipinski definition) is 7. The van der Waals surface area contributed by atoms with Crippen molar-refractivity contribution < 1.29 is 0 Å². The van der Waals surface area contributed by atoms with Crippen LogP contribution in [-0.4, -0.2) is 57.7 Å². The molecule has 1 aliphatic rings. The van der Waals surface area contributed by atoms with Crippen LogP contribution < -0.4 is 10.2 Å². The van der Waals surface area contributed by atoms with Crippen molar-refractivity contribution in [3.63, 3.8) is 0 Å². The molecule has 7 nitrogen and oxygen atoms in total. The van der Waals surface area contributed by atoms with Gasteiger partial charge in [-0.1, -0.05) is 45.9 Å². The maximum Gasteiger partial charge on any atom is 0.255 e. The minimum Gasteiger partial charge on any atom is -0.369 e. The number of hydrogen-bond donors (Lipinski definition) is 1. The first-order chi connectivity index (χ1) is 16.0. The topological polar surface area (TPSA) is 61.6 Å². The van der Waals surface area contributed by atoms with Gasteiger partial charge in [-0.2, -0.15) is 9.50 Å². The Balaban J connectivity index is 1.33. The normalized spacial score (nSPS) is 14.7. The summed E-state index contributed by atoms with van der Waals surface area (Å²) in [5.74, 6) is 2.24. The van der Waals surface area contributed by atoms with E-state index in [9.17, 15) is 0 Å². The number of nitrogens with zero attached hydrogens (tertiary/aromatic N) is 6. The van der Waals surface area contributed by atoms with E-state index < -0.39 is 0 Å². The van der Waals surface area contributed by atoms with Gasteiger partial charge in [0.1, 0.15) is 5.82 Å². The molecular formula is C24H26BrN7S. The van der Waals surface area contributed by atoms with Crippen molar-refractivity contribution in [1.29, 1.82) is 0 Å². The smallest absolute Gasteiger partial charge is 0.255 e. The third-order valence-electron chi connectivity index (χ3n) is 5.74. The Bertz CT molecular complexity index is 1250. The number of piperazine rings is 1. The molecule has 5 rings (SSSR count). The number of likely N-dealkylation sites (N-methyl/N-ethyl adjacent to an activating group) is 1. The summed E-state index contributed by atoms with van der Waals surface area (Å²) in [5.41, 5.74) is 4.38. The summed E-state index contributed by atoms with van der Waals surface area (Å²) >= 11 is 5.21. The van der Waals surface area contributed by atoms with Crippen LogP contribution in [0.5, 0.6) is 0 Å². The fourth-order valence-corrected chi connectivity index (χ4v) is 5.28. The van der Waals surface area contributed by atoms with Crippen molar-refractivity contribution in [3.05, 3.63) is 70.3 Å². The van der Waals surface area contributed by atoms with Crippen LogP contribution in [0.15, 0.2) is 64.2 Å². The molecule has 33 heavy (non-hydrogen) atoms. The van der Waals surface area contributed by atoms with Crippen LogP contribution >= 0.6 is 27.7 Å². The van der Waals surface area contributed by atoms with Crippen LogP contribution in [0, 0.1) is 6.92 Å². The van der Waals surface area contributed by atoms with E-state index in [0.29, 0.717) is 10.9 Å². The summed E-state index contributed by atoms with van der Waals surface area (Å²) in [4.78, 5) is 14.0. The lowest BCUT2D eigenvalue weighted by molar-refractivity contribution is 0.313. The summed E-state index contributed by atoms with van der Waals surface area (Å²) in [5, 5.41) is 8.91. The molecule has 2 aromatic carbocycles. The number of halogens is 1. The second kappa shape index (κ2) is 9.70. The fraction of sp³-hybridized carbons (Fsp3) is 0.292. The van der Waals surface area contributed by atoms with Gasteiger partial charge in [0.05, 0.1) is 0 Å². The van der Waals surface area contributed by atoms with E-state index in [1.165, 1.54) is 11.3 Å². The van der Waals surface area contributed by atoms with E-state index in [0.717, 1.165) is 53.6 Å². The van der Waals surface area contributed by atoms with E-state index in [1.807, 2.05) is 25.1 Å². The first-order valence-electron chi connectivity index (χ1n) is 11.0. The van der Waals surface area contributed by atoms with Gasteiger partial charge in [0, 0.05) is 59.5 Å². The van der Waals surface area contributed by atoms with Gasteiger partial charge in [0.25, 0.3) is 5.78 Å². The highest BCUT2D eigenvalue weighted by atomic mass is 79.9. The van der Waals surface area contributed by atoms with Crippen molar-refractivity contribution in [2.45, 2.75) is 17.8 Å². The molecule has 1 aliphatic heterocycles. The lowest BCUT2D eigenvalue weighted by Crippen LogP contribution is -2.44. The summed E-state index contributed by atoms with van der Waals surface area (Å²) in [6.45, 7) is 6.30. The third-order valence-corrected chi connectivity index (χ3v) is 7.40. The van der Waals surface area contributed by atoms with E-state index in [-0.39, 0.29) is 0 Å². The van der Waals surface area contributed by atoms with Crippen LogP contribution in [0.4, 0.5) is 17.2 Å². The van der Waals surface area contributed by atoms with Gasteiger partial charge >= 0.3 is 0 Å². The Kier molecular flexibility index (Phi) is 6.52. The number of benzene rings is 2. The van der Waals surface area contributed by atoms with Crippen molar-refractivity contribution in [3.8, 4) is 0 Å². The molecule has 170 valence electrons. The van der Waals surface area contributed by atoms with Crippen molar-refractivity contribution >= 4 is 50.7 Å². The first-order valence-corrected chi connectivity index (χ1v) is 12.7. The molecule has 0 bridgehead atoms. The second-order valence-electron chi connectivity index (χ2n) is 8.23. The van der Waals surface area contributed by atoms with Crippen molar-refractivity contribution in [2.24, 2.45) is 0 Å². The van der Waals surface area contributed by atoms with Gasteiger partial charge in [-0.25, -0.2) is 4.98 Å². The van der Waals surface area contributed by atoms with Crippen LogP contribution in [-0.2, 0) is 5.75 Å². The number of rotatable bonds is 6. The quantitative estimate of drug-likeness (QED) is 0.357. The van der Waals surface area contributed by atoms with Gasteiger partial charge in [-0.15, -0.1) is 5.10 Å². The summed E-state index contributed by atoms with van der Waals surface area (Å²) in [6, 6.07) is 18.8. The van der Waals surface area contributed by atoms with Gasteiger partial charge in [0.15, 0.2) is 0 Å². The number of aromatic nitrogens is 4. The Morgan fingerprint density at radius 1 is 1.00 bits per heavy atom. The molecule has 3 heterocycles. The molecular weight excluding hydrogens is 498 g/mol. The zero-order chi connectivity index (χ0) is 22.8. The van der Waals surface area contributed by atoms with Crippen LogP contribution in [0.25, 0.3) is 5.78 Å². The lowest BCUT2D eigenvalue weighted by Gasteiger charge is -2.34. The minimum atomic E-state index is 0.598. The van der Waals surface area contributed by atoms with Crippen molar-refractivity contribution in [1.82, 2.24) is 24.5 Å². The highest BCUT2D eigenvalue weighted by Gasteiger charge is 2.15. The maximum absolute atomic E-state index is 4.71. The van der Waals surface area contributed by atoms with Gasteiger partial charge in [-0.3, -0.25) is 0 Å². The zero-order valence-corrected chi connectivity index (χ0v) is 21.1. The number of anilines is 3. The van der Waals surface area contributed by atoms with E-state index in [1.54, 1.807) is 16.3 Å². The average Bonchev–Trinajstić information content (AvgIpc) is 3.23. The average molecular weight is 524 g/mol. The number of thioether (sulfide) groups is 1. The van der Waals surface area contributed by atoms with Gasteiger partial charge in [-0.05, 0) is 49.9 Å². The molecule has 1 saturated heterocycles. The Labute approximate surface area is 206 Å². The van der Waals surface area contributed by atoms with Crippen LogP contribution in [0.2, 0.25) is 0 Å². The number of fused-ring (bicyclic) bond motifs is 1. The monoisotopic (exact) mass is 523 g/mol. The molecule has 0 radical (unpaired) electrons. The second-order valence-corrected chi connectivity index (χ2v) is 10.0. The summed E-state index contributed by atoms with van der Waals surface area (Å²) in [7, 11) is 2.18. The van der Waals surface area contributed by atoms with E-state index >= 15 is 0 Å². The predicted octanol–water partition coefficient (Wildman–Crippen LogP) is 4.98. The van der Waals surface area contributed by atoms with E-state index in [4.69, 9.17) is 5.10 Å². The molecule has 1 N–H and O–H groups in total. The summed E-state index contributed by atoms with van der Waals surface area (Å²) < 4.78 is 2.88. The van der Waals surface area contributed by atoms with Crippen LogP contribution in [0.1, 0.15) is 11.3 Å².